The third kappa shape index (κ3) is 13.5. The first-order chi connectivity index (χ1) is 12.0. The first kappa shape index (κ1) is 29.4. The number of nitrogens with zero attached hydrogens (tertiary/aromatic N) is 1. The van der Waals surface area contributed by atoms with Crippen LogP contribution in [0.1, 0.15) is 86.6 Å². The summed E-state index contributed by atoms with van der Waals surface area (Å²) in [5, 5.41) is 3.44. The molecule has 0 fully saturated rings. The molecule has 0 heterocycles. The largest absolute Gasteiger partial charge is 0.384 e. The average Bonchev–Trinajstić information content (AvgIpc) is 2.64. The van der Waals surface area contributed by atoms with Gasteiger partial charge >= 0.3 is 0 Å². The van der Waals surface area contributed by atoms with Crippen molar-refractivity contribution in [2.24, 2.45) is 0 Å². The second-order valence-corrected chi connectivity index (χ2v) is 6.33. The van der Waals surface area contributed by atoms with E-state index in [0.717, 1.165) is 27.7 Å². The van der Waals surface area contributed by atoms with E-state index in [4.69, 9.17) is 24.4 Å². The fraction of sp³-hybridized carbons (Fsp3) is 0.810. The maximum absolute atomic E-state index is 5.26. The van der Waals surface area contributed by atoms with Crippen molar-refractivity contribution in [3.8, 4) is 0 Å². The van der Waals surface area contributed by atoms with E-state index in [0.29, 0.717) is 0 Å². The summed E-state index contributed by atoms with van der Waals surface area (Å²) in [6, 6.07) is 0. The molecule has 25 heavy (non-hydrogen) atoms. The molecular formula is C21H44N2S2. The van der Waals surface area contributed by atoms with Crippen LogP contribution in [0.2, 0.25) is 0 Å². The molecule has 0 aliphatic heterocycles. The smallest absolute Gasteiger partial charge is 0.0796 e. The molecule has 1 aromatic rings. The Hall–Kier alpha value is -0.320. The normalized spacial score (nSPS) is 9.36. The van der Waals surface area contributed by atoms with Crippen LogP contribution >= 0.6 is 24.4 Å². The predicted molar refractivity (Wildman–Crippen MR) is 124 cm³/mol. The molecule has 0 aliphatic carbocycles. The average molecular weight is 389 g/mol. The maximum atomic E-state index is 5.26. The predicted octanol–water partition coefficient (Wildman–Crippen LogP) is 7.59. The van der Waals surface area contributed by atoms with E-state index in [1.807, 2.05) is 27.7 Å². The molecule has 1 N–H and O–H groups in total. The highest BCUT2D eigenvalue weighted by Crippen LogP contribution is 2.26. The van der Waals surface area contributed by atoms with Gasteiger partial charge in [-0.2, -0.15) is 0 Å². The molecule has 1 aromatic carbocycles. The van der Waals surface area contributed by atoms with Gasteiger partial charge in [0, 0.05) is 6.54 Å². The summed E-state index contributed by atoms with van der Waals surface area (Å²) >= 11 is 10.5. The fourth-order valence-electron chi connectivity index (χ4n) is 2.18. The number of anilines is 1. The van der Waals surface area contributed by atoms with Crippen molar-refractivity contribution in [2.75, 3.05) is 32.0 Å². The van der Waals surface area contributed by atoms with Gasteiger partial charge in [-0.25, -0.2) is 0 Å². The molecule has 0 aromatic heterocycles. The molecule has 0 saturated carbocycles. The van der Waals surface area contributed by atoms with Crippen LogP contribution in [0.15, 0.2) is 0 Å². The summed E-state index contributed by atoms with van der Waals surface area (Å²) in [7, 11) is 2.19. The molecule has 0 unspecified atom stereocenters. The SMILES string of the molecule is CC.CC.CCC.CCCN(C)CCCCNc1c(CC)c(=S)c1=S. The molecule has 2 nitrogen and oxygen atoms in total. The summed E-state index contributed by atoms with van der Waals surface area (Å²) in [4.78, 5) is 2.39. The number of hydrogen-bond acceptors (Lipinski definition) is 4. The van der Waals surface area contributed by atoms with Gasteiger partial charge in [0.1, 0.15) is 0 Å². The zero-order valence-corrected chi connectivity index (χ0v) is 20.1. The molecule has 4 heteroatoms. The van der Waals surface area contributed by atoms with Crippen molar-refractivity contribution < 1.29 is 0 Å². The minimum Gasteiger partial charge on any atom is -0.384 e. The second kappa shape index (κ2) is 21.7. The molecule has 0 bridgehead atoms. The van der Waals surface area contributed by atoms with Crippen molar-refractivity contribution >= 4 is 30.1 Å². The van der Waals surface area contributed by atoms with E-state index < -0.39 is 0 Å². The molecule has 0 amide bonds. The highest BCUT2D eigenvalue weighted by Gasteiger charge is 2.11. The lowest BCUT2D eigenvalue weighted by Gasteiger charge is -2.17. The lowest BCUT2D eigenvalue weighted by Crippen LogP contribution is -2.21. The lowest BCUT2D eigenvalue weighted by molar-refractivity contribution is 0.328. The van der Waals surface area contributed by atoms with Crippen LogP contribution in [0.5, 0.6) is 0 Å². The number of nitrogens with one attached hydrogen (secondary N) is 1. The molecule has 0 spiro atoms. The number of hydrogen-bond donors (Lipinski definition) is 1. The van der Waals surface area contributed by atoms with Crippen LogP contribution in [0.3, 0.4) is 0 Å². The van der Waals surface area contributed by atoms with E-state index in [2.05, 4.69) is 45.0 Å². The molecule has 0 radical (unpaired) electrons. The minimum atomic E-state index is 0.866. The van der Waals surface area contributed by atoms with Gasteiger partial charge in [-0.15, -0.1) is 0 Å². The van der Waals surface area contributed by atoms with Crippen molar-refractivity contribution in [1.82, 2.24) is 4.90 Å². The van der Waals surface area contributed by atoms with Crippen molar-refractivity contribution in [3.05, 3.63) is 14.6 Å². The summed E-state index contributed by atoms with van der Waals surface area (Å²) in [6.45, 7) is 20.0. The van der Waals surface area contributed by atoms with Gasteiger partial charge in [0.25, 0.3) is 0 Å². The van der Waals surface area contributed by atoms with E-state index in [1.165, 1.54) is 44.3 Å². The Morgan fingerprint density at radius 3 is 1.80 bits per heavy atom. The molecular weight excluding hydrogens is 344 g/mol. The van der Waals surface area contributed by atoms with Gasteiger partial charge in [-0.05, 0) is 51.4 Å². The summed E-state index contributed by atoms with van der Waals surface area (Å²) in [5.41, 5.74) is 2.39. The monoisotopic (exact) mass is 388 g/mol. The van der Waals surface area contributed by atoms with Crippen LogP contribution in [0.4, 0.5) is 5.69 Å². The summed E-state index contributed by atoms with van der Waals surface area (Å²) in [5.74, 6) is 0. The van der Waals surface area contributed by atoms with Gasteiger partial charge in [0.2, 0.25) is 0 Å². The fourth-order valence-corrected chi connectivity index (χ4v) is 2.84. The van der Waals surface area contributed by atoms with Gasteiger partial charge < -0.3 is 10.2 Å². The van der Waals surface area contributed by atoms with E-state index in [1.54, 1.807) is 0 Å². The van der Waals surface area contributed by atoms with E-state index in [9.17, 15) is 0 Å². The minimum absolute atomic E-state index is 0.866. The first-order valence-corrected chi connectivity index (χ1v) is 11.1. The van der Waals surface area contributed by atoms with Crippen LogP contribution in [-0.4, -0.2) is 31.6 Å². The van der Waals surface area contributed by atoms with Gasteiger partial charge in [-0.1, -0.05) is 86.2 Å². The van der Waals surface area contributed by atoms with E-state index >= 15 is 0 Å². The quantitative estimate of drug-likeness (QED) is 0.346. The zero-order valence-electron chi connectivity index (χ0n) is 18.4. The van der Waals surface area contributed by atoms with E-state index in [-0.39, 0.29) is 0 Å². The van der Waals surface area contributed by atoms with Gasteiger partial charge in [0.15, 0.2) is 0 Å². The Morgan fingerprint density at radius 2 is 1.36 bits per heavy atom. The highest BCUT2D eigenvalue weighted by atomic mass is 32.1. The molecule has 0 atom stereocenters. The van der Waals surface area contributed by atoms with Crippen molar-refractivity contribution in [2.45, 2.75) is 87.5 Å². The van der Waals surface area contributed by atoms with Crippen LogP contribution in [-0.2, 0) is 6.42 Å². The Kier molecular flexibility index (Phi) is 25.6. The standard InChI is InChI=1S/C14H24N2S2.C3H8.2C2H6/c1-4-9-16(3)10-7-6-8-15-12-11(5-2)13(17)14(12)18;1-3-2;2*1-2/h15H,4-10H2,1-3H3;3H2,1-2H3;2*1-2H3. The van der Waals surface area contributed by atoms with Crippen molar-refractivity contribution in [3.63, 3.8) is 0 Å². The molecule has 150 valence electrons. The lowest BCUT2D eigenvalue weighted by atomic mass is 10.1. The molecule has 1 rings (SSSR count). The van der Waals surface area contributed by atoms with Crippen LogP contribution < -0.4 is 5.32 Å². The van der Waals surface area contributed by atoms with Gasteiger partial charge in [-0.3, -0.25) is 0 Å². The van der Waals surface area contributed by atoms with Gasteiger partial charge in [0.05, 0.1) is 14.7 Å². The Bertz CT molecular complexity index is 449. The maximum Gasteiger partial charge on any atom is 0.0796 e. The summed E-state index contributed by atoms with van der Waals surface area (Å²) in [6.07, 6.45) is 5.88. The Morgan fingerprint density at radius 1 is 0.840 bits per heavy atom. The Balaban J connectivity index is -0.000000605. The Labute approximate surface area is 169 Å². The third-order valence-corrected chi connectivity index (χ3v) is 4.22. The highest BCUT2D eigenvalue weighted by molar-refractivity contribution is 7.74. The zero-order chi connectivity index (χ0) is 20.3. The van der Waals surface area contributed by atoms with Crippen LogP contribution in [0, 0.1) is 9.02 Å². The summed E-state index contributed by atoms with van der Waals surface area (Å²) < 4.78 is 1.77. The second-order valence-electron chi connectivity index (χ2n) is 5.51. The van der Waals surface area contributed by atoms with Crippen LogP contribution in [0.25, 0.3) is 0 Å². The molecule has 0 aliphatic rings. The first-order valence-electron chi connectivity index (χ1n) is 10.3. The van der Waals surface area contributed by atoms with Crippen molar-refractivity contribution in [1.29, 1.82) is 0 Å². The topological polar surface area (TPSA) is 15.3 Å². The third-order valence-electron chi connectivity index (χ3n) is 3.24. The molecule has 0 saturated heterocycles. The number of rotatable bonds is 9. The number of unbranched alkanes of at least 4 members (excludes halogenated alkanes) is 1.